The molecule has 1 aromatic heterocycles. The van der Waals surface area contributed by atoms with Crippen LogP contribution in [0.1, 0.15) is 17.1 Å². The van der Waals surface area contributed by atoms with E-state index in [1.54, 1.807) is 54.8 Å². The van der Waals surface area contributed by atoms with E-state index in [9.17, 15) is 21.8 Å². The number of nitrogens with two attached hydrogens (primary N) is 2. The summed E-state index contributed by atoms with van der Waals surface area (Å²) in [5.41, 5.74) is 8.15. The van der Waals surface area contributed by atoms with Crippen molar-refractivity contribution in [2.45, 2.75) is 24.4 Å². The molecule has 0 aliphatic heterocycles. The van der Waals surface area contributed by atoms with Gasteiger partial charge in [0.25, 0.3) is 0 Å². The van der Waals surface area contributed by atoms with Gasteiger partial charge in [-0.3, -0.25) is 9.22 Å². The maximum absolute atomic E-state index is 13.4. The largest absolute Gasteiger partial charge is 0.434 e. The average molecular weight is 544 g/mol. The van der Waals surface area contributed by atoms with Crippen LogP contribution < -0.4 is 16.6 Å². The van der Waals surface area contributed by atoms with Crippen LogP contribution in [0.2, 0.25) is 0 Å². The second kappa shape index (κ2) is 10.8. The van der Waals surface area contributed by atoms with E-state index in [1.807, 2.05) is 6.07 Å². The van der Waals surface area contributed by atoms with Gasteiger partial charge in [0.15, 0.2) is 5.69 Å². The van der Waals surface area contributed by atoms with Gasteiger partial charge in [-0.25, -0.2) is 15.2 Å². The van der Waals surface area contributed by atoms with Crippen molar-refractivity contribution in [3.8, 4) is 16.8 Å². The van der Waals surface area contributed by atoms with E-state index >= 15 is 0 Å². The van der Waals surface area contributed by atoms with Gasteiger partial charge in [0.05, 0.1) is 17.1 Å². The number of nitrogens with zero attached hydrogens (tertiary/aromatic N) is 3. The van der Waals surface area contributed by atoms with Crippen LogP contribution in [0.5, 0.6) is 0 Å². The fourth-order valence-electron chi connectivity index (χ4n) is 4.00. The summed E-state index contributed by atoms with van der Waals surface area (Å²) in [5.74, 6) is 6.26. The molecule has 4 N–H and O–H groups in total. The first-order chi connectivity index (χ1) is 18.0. The predicted octanol–water partition coefficient (Wildman–Crippen LogP) is 5.47. The number of hydrogen-bond acceptors (Lipinski definition) is 5. The number of aromatic nitrogens is 2. The minimum Gasteiger partial charge on any atom is -0.403 e. The third-order valence-corrected chi connectivity index (χ3v) is 6.88. The van der Waals surface area contributed by atoms with Crippen molar-refractivity contribution < 1.29 is 21.8 Å². The normalized spacial score (nSPS) is 13.0. The Labute approximate surface area is 219 Å². The van der Waals surface area contributed by atoms with E-state index in [-0.39, 0.29) is 12.2 Å². The molecule has 4 rings (SSSR count). The summed E-state index contributed by atoms with van der Waals surface area (Å²) < 4.78 is 67.0. The molecule has 3 aromatic carbocycles. The number of rotatable bonds is 7. The van der Waals surface area contributed by atoms with E-state index in [0.29, 0.717) is 27.5 Å². The third-order valence-electron chi connectivity index (χ3n) is 5.97. The molecule has 0 radical (unpaired) electrons. The Morgan fingerprint density at radius 2 is 1.76 bits per heavy atom. The van der Waals surface area contributed by atoms with Gasteiger partial charge in [-0.1, -0.05) is 30.3 Å². The molecular formula is C27H25F4N5OS. The number of benzene rings is 3. The van der Waals surface area contributed by atoms with Crippen LogP contribution >= 0.6 is 0 Å². The second-order valence-electron chi connectivity index (χ2n) is 8.56. The van der Waals surface area contributed by atoms with Gasteiger partial charge in [0.2, 0.25) is 0 Å². The molecule has 4 aromatic rings. The number of aryl methyl sites for hydroxylation is 1. The highest BCUT2D eigenvalue weighted by atomic mass is 32.2. The van der Waals surface area contributed by atoms with E-state index in [2.05, 4.69) is 4.98 Å². The van der Waals surface area contributed by atoms with Crippen LogP contribution in [0.4, 0.5) is 23.2 Å². The Balaban J connectivity index is 1.85. The summed E-state index contributed by atoms with van der Waals surface area (Å²) in [4.78, 5) is 4.30. The molecule has 0 spiro atoms. The number of alkyl halides is 3. The van der Waals surface area contributed by atoms with Crippen LogP contribution in [0.3, 0.4) is 0 Å². The lowest BCUT2D eigenvalue weighted by Crippen LogP contribution is -2.33. The molecule has 0 fully saturated rings. The summed E-state index contributed by atoms with van der Waals surface area (Å²) in [6, 6.07) is 18.0. The molecular weight excluding hydrogens is 518 g/mol. The monoisotopic (exact) mass is 543 g/mol. The zero-order chi connectivity index (χ0) is 27.6. The molecule has 0 bridgehead atoms. The van der Waals surface area contributed by atoms with Crippen molar-refractivity contribution in [3.63, 3.8) is 0 Å². The first-order valence-electron chi connectivity index (χ1n) is 11.4. The van der Waals surface area contributed by atoms with Crippen molar-refractivity contribution in [2.24, 2.45) is 11.6 Å². The Morgan fingerprint density at radius 1 is 1.08 bits per heavy atom. The van der Waals surface area contributed by atoms with Gasteiger partial charge in [-0.2, -0.15) is 13.2 Å². The van der Waals surface area contributed by atoms with E-state index in [1.165, 1.54) is 34.8 Å². The lowest BCUT2D eigenvalue weighted by molar-refractivity contribution is -0.141. The topological polar surface area (TPSA) is 90.2 Å². The number of hydrazine groups is 1. The van der Waals surface area contributed by atoms with Gasteiger partial charge in [-0.15, -0.1) is 0 Å². The van der Waals surface area contributed by atoms with Crippen LogP contribution in [0, 0.1) is 12.7 Å². The van der Waals surface area contributed by atoms with Crippen LogP contribution in [0.25, 0.3) is 16.8 Å². The fourth-order valence-corrected chi connectivity index (χ4v) is 4.56. The quantitative estimate of drug-likeness (QED) is 0.183. The number of halogens is 4. The van der Waals surface area contributed by atoms with Crippen molar-refractivity contribution in [1.82, 2.24) is 9.55 Å². The molecule has 11 heteroatoms. The molecule has 198 valence electrons. The Hall–Kier alpha value is -3.96. The molecule has 0 aliphatic rings. The van der Waals surface area contributed by atoms with Crippen LogP contribution in [0.15, 0.2) is 89.7 Å². The van der Waals surface area contributed by atoms with Crippen molar-refractivity contribution >= 4 is 16.5 Å². The van der Waals surface area contributed by atoms with Gasteiger partial charge in [0.1, 0.15) is 11.6 Å². The number of allylic oxidation sites excluding steroid dienone is 1. The predicted molar refractivity (Wildman–Crippen MR) is 140 cm³/mol. The zero-order valence-corrected chi connectivity index (χ0v) is 21.4. The fraction of sp³-hybridized carbons (Fsp3) is 0.148. The number of anilines is 1. The zero-order valence-electron chi connectivity index (χ0n) is 20.5. The van der Waals surface area contributed by atoms with E-state index in [4.69, 9.17) is 11.6 Å². The van der Waals surface area contributed by atoms with E-state index in [0.717, 1.165) is 17.3 Å². The molecule has 6 nitrogen and oxygen atoms in total. The highest BCUT2D eigenvalue weighted by Gasteiger charge is 2.34. The molecule has 0 saturated heterocycles. The summed E-state index contributed by atoms with van der Waals surface area (Å²) in [6.07, 6.45) is -0.613. The molecule has 0 amide bonds. The molecule has 1 unspecified atom stereocenters. The van der Waals surface area contributed by atoms with Gasteiger partial charge < -0.3 is 10.3 Å². The smallest absolute Gasteiger partial charge is 0.403 e. The van der Waals surface area contributed by atoms with Crippen LogP contribution in [-0.2, 0) is 23.4 Å². The first kappa shape index (κ1) is 27.1. The lowest BCUT2D eigenvalue weighted by Gasteiger charge is -2.26. The van der Waals surface area contributed by atoms with Crippen molar-refractivity contribution in [3.05, 3.63) is 108 Å². The standard InChI is InChI=1S/C27H25F4N5OS/c1-17-34-26(27(29,30)31)16-35(17)24-11-8-20(19-4-3-5-23(13-19)38(2)37)14-25(24)36(33)22(15-32)12-18-6-9-21(28)10-7-18/h3-11,13-16H,12,32-33H2,1-2H3/b22-15-. The third kappa shape index (κ3) is 5.79. The Bertz CT molecular complexity index is 1510. The maximum atomic E-state index is 13.4. The summed E-state index contributed by atoms with van der Waals surface area (Å²) in [5, 5.41) is 1.29. The summed E-state index contributed by atoms with van der Waals surface area (Å²) in [7, 11) is -1.21. The van der Waals surface area contributed by atoms with Gasteiger partial charge >= 0.3 is 6.18 Å². The van der Waals surface area contributed by atoms with Crippen molar-refractivity contribution in [1.29, 1.82) is 0 Å². The number of hydrogen-bond donors (Lipinski definition) is 2. The Morgan fingerprint density at radius 3 is 2.37 bits per heavy atom. The summed E-state index contributed by atoms with van der Waals surface area (Å²) >= 11 is 0. The van der Waals surface area contributed by atoms with Crippen molar-refractivity contribution in [2.75, 3.05) is 11.3 Å². The molecule has 1 atom stereocenters. The highest BCUT2D eigenvalue weighted by Crippen LogP contribution is 2.35. The lowest BCUT2D eigenvalue weighted by atomic mass is 10.0. The van der Waals surface area contributed by atoms with Crippen LogP contribution in [-0.4, -0.2) is 20.0 Å². The summed E-state index contributed by atoms with van der Waals surface area (Å²) in [6.45, 7) is 1.46. The first-order valence-corrected chi connectivity index (χ1v) is 12.9. The molecule has 0 saturated carbocycles. The molecule has 38 heavy (non-hydrogen) atoms. The van der Waals surface area contributed by atoms with Gasteiger partial charge in [-0.05, 0) is 60.0 Å². The minimum absolute atomic E-state index is 0.111. The average Bonchev–Trinajstić information content (AvgIpc) is 3.29. The number of imidazole rings is 1. The maximum Gasteiger partial charge on any atom is 0.434 e. The van der Waals surface area contributed by atoms with Gasteiger partial charge in [0, 0.05) is 40.8 Å². The Kier molecular flexibility index (Phi) is 7.70. The molecule has 1 heterocycles. The minimum atomic E-state index is -4.63. The highest BCUT2D eigenvalue weighted by molar-refractivity contribution is 7.84. The molecule has 0 aliphatic carbocycles. The second-order valence-corrected chi connectivity index (χ2v) is 9.94. The SMILES string of the molecule is Cc1nc(C(F)(F)F)cn1-c1ccc(-c2cccc(S(C)=O)c2)cc1N(N)/C(=C\N)Cc1ccc(F)cc1. The van der Waals surface area contributed by atoms with E-state index < -0.39 is 28.5 Å².